The number of halogens is 3. The summed E-state index contributed by atoms with van der Waals surface area (Å²) in [7, 11) is 0. The highest BCUT2D eigenvalue weighted by molar-refractivity contribution is 9.10. The third kappa shape index (κ3) is 2.07. The molecule has 0 atom stereocenters. The lowest BCUT2D eigenvalue weighted by atomic mass is 10.2. The van der Waals surface area contributed by atoms with Gasteiger partial charge in [-0.3, -0.25) is 4.79 Å². The fourth-order valence-electron chi connectivity index (χ4n) is 0.657. The van der Waals surface area contributed by atoms with Gasteiger partial charge in [0.1, 0.15) is 10.3 Å². The van der Waals surface area contributed by atoms with Crippen LogP contribution in [0.1, 0.15) is 10.5 Å². The van der Waals surface area contributed by atoms with E-state index in [1.807, 2.05) is 0 Å². The lowest BCUT2D eigenvalue weighted by Gasteiger charge is -1.97. The minimum absolute atomic E-state index is 0.223. The molecule has 0 aliphatic carbocycles. The lowest BCUT2D eigenvalue weighted by molar-refractivity contribution is 0.0673. The predicted octanol–water partition coefficient (Wildman–Crippen LogP) is 2.29. The van der Waals surface area contributed by atoms with Crippen molar-refractivity contribution in [1.29, 1.82) is 0 Å². The first-order chi connectivity index (χ1) is 5.61. The maximum atomic E-state index is 11.8. The number of hydrogen-bond acceptors (Lipinski definition) is 2. The Hall–Kier alpha value is -0.840. The van der Waals surface area contributed by atoms with Gasteiger partial charge in [-0.25, -0.2) is 13.8 Å². The quantitative estimate of drug-likeness (QED) is 0.582. The Kier molecular flexibility index (Phi) is 2.86. The maximum Gasteiger partial charge on any atom is 0.302 e. The Labute approximate surface area is 75.7 Å². The minimum atomic E-state index is -2.99. The monoisotopic (exact) mass is 235 g/mol. The van der Waals surface area contributed by atoms with E-state index in [0.29, 0.717) is 4.60 Å². The lowest BCUT2D eigenvalue weighted by Crippen LogP contribution is -2.11. The van der Waals surface area contributed by atoms with E-state index in [2.05, 4.69) is 20.9 Å². The zero-order chi connectivity index (χ0) is 9.14. The summed E-state index contributed by atoms with van der Waals surface area (Å²) in [5.74, 6) is -1.25. The number of pyridine rings is 1. The van der Waals surface area contributed by atoms with Crippen LogP contribution in [-0.4, -0.2) is 17.2 Å². The molecule has 0 aromatic carbocycles. The first-order valence-corrected chi connectivity index (χ1v) is 3.85. The van der Waals surface area contributed by atoms with Crippen molar-refractivity contribution in [3.63, 3.8) is 0 Å². The molecular formula is C7H4BrF2NO. The highest BCUT2D eigenvalue weighted by atomic mass is 79.9. The zero-order valence-electron chi connectivity index (χ0n) is 5.80. The molecule has 2 nitrogen and oxygen atoms in total. The van der Waals surface area contributed by atoms with Crippen molar-refractivity contribution in [2.75, 3.05) is 0 Å². The summed E-state index contributed by atoms with van der Waals surface area (Å²) >= 11 is 2.97. The maximum absolute atomic E-state index is 11.8. The number of hydrogen-bond donors (Lipinski definition) is 0. The Balaban J connectivity index is 2.96. The number of nitrogens with zero attached hydrogens (tertiary/aromatic N) is 1. The van der Waals surface area contributed by atoms with Crippen molar-refractivity contribution in [2.24, 2.45) is 0 Å². The smallest absolute Gasteiger partial charge is 0.286 e. The number of Topliss-reactive ketones (excluding diaryl/α,β-unsaturated/α-hetero) is 1. The normalized spacial score (nSPS) is 10.3. The fraction of sp³-hybridized carbons (Fsp3) is 0.143. The number of carbonyl (C=O) groups excluding carboxylic acids is 1. The molecule has 0 saturated carbocycles. The average Bonchev–Trinajstić information content (AvgIpc) is 2.03. The molecular weight excluding hydrogens is 232 g/mol. The van der Waals surface area contributed by atoms with Gasteiger partial charge in [0.15, 0.2) is 0 Å². The van der Waals surface area contributed by atoms with E-state index in [0.717, 1.165) is 0 Å². The third-order valence-corrected chi connectivity index (χ3v) is 1.61. The van der Waals surface area contributed by atoms with Crippen LogP contribution in [0.4, 0.5) is 8.78 Å². The van der Waals surface area contributed by atoms with E-state index in [1.54, 1.807) is 6.07 Å². The van der Waals surface area contributed by atoms with Crippen LogP contribution in [-0.2, 0) is 0 Å². The van der Waals surface area contributed by atoms with Crippen molar-refractivity contribution in [3.05, 3.63) is 28.5 Å². The van der Waals surface area contributed by atoms with Crippen molar-refractivity contribution in [1.82, 2.24) is 4.98 Å². The molecule has 1 aromatic rings. The molecule has 0 amide bonds. The number of carbonyl (C=O) groups is 1. The van der Waals surface area contributed by atoms with Gasteiger partial charge in [-0.1, -0.05) is 6.07 Å². The van der Waals surface area contributed by atoms with Gasteiger partial charge in [-0.2, -0.15) is 0 Å². The van der Waals surface area contributed by atoms with Gasteiger partial charge in [-0.05, 0) is 28.1 Å². The van der Waals surface area contributed by atoms with Gasteiger partial charge in [0, 0.05) is 0 Å². The van der Waals surface area contributed by atoms with Gasteiger partial charge in [0.05, 0.1) is 0 Å². The van der Waals surface area contributed by atoms with Crippen molar-refractivity contribution >= 4 is 21.7 Å². The molecule has 0 N–H and O–H groups in total. The van der Waals surface area contributed by atoms with Crippen molar-refractivity contribution < 1.29 is 13.6 Å². The summed E-state index contributed by atoms with van der Waals surface area (Å²) in [5.41, 5.74) is -0.223. The van der Waals surface area contributed by atoms with Gasteiger partial charge in [0.2, 0.25) is 5.78 Å². The Morgan fingerprint density at radius 3 is 2.67 bits per heavy atom. The van der Waals surface area contributed by atoms with Crippen LogP contribution in [0.3, 0.4) is 0 Å². The number of rotatable bonds is 2. The Morgan fingerprint density at radius 2 is 2.17 bits per heavy atom. The van der Waals surface area contributed by atoms with Crippen LogP contribution >= 0.6 is 15.9 Å². The summed E-state index contributed by atoms with van der Waals surface area (Å²) in [4.78, 5) is 14.2. The van der Waals surface area contributed by atoms with Crippen LogP contribution in [0.5, 0.6) is 0 Å². The Bertz CT molecular complexity index is 303. The topological polar surface area (TPSA) is 30.0 Å². The molecule has 0 bridgehead atoms. The molecule has 64 valence electrons. The van der Waals surface area contributed by atoms with Crippen molar-refractivity contribution in [2.45, 2.75) is 6.43 Å². The van der Waals surface area contributed by atoms with E-state index >= 15 is 0 Å². The molecule has 0 unspecified atom stereocenters. The minimum Gasteiger partial charge on any atom is -0.286 e. The van der Waals surface area contributed by atoms with Crippen LogP contribution in [0.2, 0.25) is 0 Å². The van der Waals surface area contributed by atoms with Gasteiger partial charge in [0.25, 0.3) is 0 Å². The first-order valence-electron chi connectivity index (χ1n) is 3.06. The molecule has 0 fully saturated rings. The second-order valence-corrected chi connectivity index (χ2v) is 2.82. The molecule has 0 radical (unpaired) electrons. The highest BCUT2D eigenvalue weighted by Gasteiger charge is 2.18. The highest BCUT2D eigenvalue weighted by Crippen LogP contribution is 2.09. The molecule has 1 heterocycles. The molecule has 0 aliphatic heterocycles. The zero-order valence-corrected chi connectivity index (χ0v) is 7.38. The molecule has 1 rings (SSSR count). The fourth-order valence-corrected chi connectivity index (χ4v) is 1.00. The summed E-state index contributed by atoms with van der Waals surface area (Å²) in [6.45, 7) is 0. The van der Waals surface area contributed by atoms with Gasteiger partial charge < -0.3 is 0 Å². The van der Waals surface area contributed by atoms with Gasteiger partial charge >= 0.3 is 6.43 Å². The van der Waals surface area contributed by atoms with E-state index in [1.165, 1.54) is 12.1 Å². The molecule has 0 aliphatic rings. The second-order valence-electron chi connectivity index (χ2n) is 2.01. The standard InChI is InChI=1S/C7H4BrF2NO/c8-5-3-1-2-4(11-5)6(12)7(9)10/h1-3,7H. The summed E-state index contributed by atoms with van der Waals surface area (Å²) < 4.78 is 24.1. The van der Waals surface area contributed by atoms with E-state index in [-0.39, 0.29) is 5.69 Å². The molecule has 5 heteroatoms. The summed E-state index contributed by atoms with van der Waals surface area (Å²) in [6, 6.07) is 4.29. The average molecular weight is 236 g/mol. The largest absolute Gasteiger partial charge is 0.302 e. The summed E-state index contributed by atoms with van der Waals surface area (Å²) in [5, 5.41) is 0. The predicted molar refractivity (Wildman–Crippen MR) is 42.3 cm³/mol. The summed E-state index contributed by atoms with van der Waals surface area (Å²) in [6.07, 6.45) is -2.99. The molecule has 0 spiro atoms. The van der Waals surface area contributed by atoms with E-state index < -0.39 is 12.2 Å². The molecule has 12 heavy (non-hydrogen) atoms. The van der Waals surface area contributed by atoms with E-state index in [4.69, 9.17) is 0 Å². The van der Waals surface area contributed by atoms with Gasteiger partial charge in [-0.15, -0.1) is 0 Å². The van der Waals surface area contributed by atoms with E-state index in [9.17, 15) is 13.6 Å². The third-order valence-electron chi connectivity index (χ3n) is 1.17. The molecule has 0 saturated heterocycles. The van der Waals surface area contributed by atoms with Crippen LogP contribution in [0.15, 0.2) is 22.8 Å². The van der Waals surface area contributed by atoms with Crippen LogP contribution in [0, 0.1) is 0 Å². The van der Waals surface area contributed by atoms with Crippen molar-refractivity contribution in [3.8, 4) is 0 Å². The number of alkyl halides is 2. The number of aromatic nitrogens is 1. The molecule has 1 aromatic heterocycles. The Morgan fingerprint density at radius 1 is 1.50 bits per heavy atom. The second kappa shape index (κ2) is 3.71. The SMILES string of the molecule is O=C(c1cccc(Br)n1)C(F)F. The number of ketones is 1. The van der Waals surface area contributed by atoms with Crippen LogP contribution in [0.25, 0.3) is 0 Å². The van der Waals surface area contributed by atoms with Crippen LogP contribution < -0.4 is 0 Å². The first kappa shape index (κ1) is 9.25.